The lowest BCUT2D eigenvalue weighted by molar-refractivity contribution is 0.557. The van der Waals surface area contributed by atoms with Crippen LogP contribution in [0.25, 0.3) is 0 Å². The molecule has 0 aliphatic heterocycles. The smallest absolute Gasteiger partial charge is 0.243 e. The third kappa shape index (κ3) is 3.77. The van der Waals surface area contributed by atoms with Crippen molar-refractivity contribution in [1.29, 1.82) is 0 Å². The first-order valence-corrected chi connectivity index (χ1v) is 7.38. The van der Waals surface area contributed by atoms with Gasteiger partial charge in [-0.3, -0.25) is 0 Å². The van der Waals surface area contributed by atoms with Crippen LogP contribution in [0.4, 0.5) is 10.1 Å². The lowest BCUT2D eigenvalue weighted by Gasteiger charge is -2.09. The summed E-state index contributed by atoms with van der Waals surface area (Å²) in [6.07, 6.45) is 0. The lowest BCUT2D eigenvalue weighted by Crippen LogP contribution is -2.25. The fourth-order valence-electron chi connectivity index (χ4n) is 1.03. The van der Waals surface area contributed by atoms with E-state index in [1.54, 1.807) is 0 Å². The minimum Gasteiger partial charge on any atom is -0.399 e. The predicted molar refractivity (Wildman–Crippen MR) is 71.8 cm³/mol. The average Bonchev–Trinajstić information content (AvgIpc) is 2.20. The summed E-state index contributed by atoms with van der Waals surface area (Å²) in [4.78, 5) is -0.502. The number of anilines is 1. The molecule has 8 heteroatoms. The maximum Gasteiger partial charge on any atom is 0.243 e. The Morgan fingerprint density at radius 2 is 2.12 bits per heavy atom. The van der Waals surface area contributed by atoms with Crippen molar-refractivity contribution in [1.82, 2.24) is 4.72 Å². The van der Waals surface area contributed by atoms with Crippen LogP contribution in [0, 0.1) is 5.82 Å². The minimum atomic E-state index is -3.96. The Kier molecular flexibility index (Phi) is 4.70. The second-order valence-corrected chi connectivity index (χ2v) is 6.87. The minimum absolute atomic E-state index is 0.00413. The van der Waals surface area contributed by atoms with E-state index in [9.17, 15) is 12.8 Å². The zero-order chi connectivity index (χ0) is 13.2. The Bertz CT molecular complexity index is 560. The Morgan fingerprint density at radius 1 is 1.53 bits per heavy atom. The molecule has 0 radical (unpaired) electrons. The quantitative estimate of drug-likeness (QED) is 0.779. The van der Waals surface area contributed by atoms with E-state index in [2.05, 4.69) is 43.2 Å². The molecular formula is C9H9Br2FN2O2S. The first-order valence-electron chi connectivity index (χ1n) is 4.31. The summed E-state index contributed by atoms with van der Waals surface area (Å²) >= 11 is 5.89. The molecular weight excluding hydrogens is 379 g/mol. The van der Waals surface area contributed by atoms with E-state index >= 15 is 0 Å². The summed E-state index contributed by atoms with van der Waals surface area (Å²) in [6.45, 7) is 3.44. The number of nitrogens with two attached hydrogens (primary N) is 1. The molecule has 0 aliphatic carbocycles. The van der Waals surface area contributed by atoms with Gasteiger partial charge in [0.25, 0.3) is 0 Å². The number of hydrogen-bond donors (Lipinski definition) is 2. The SMILES string of the molecule is C=C(Br)CNS(=O)(=O)c1cc(N)cc(Br)c1F. The second-order valence-electron chi connectivity index (χ2n) is 3.16. The molecule has 0 amide bonds. The highest BCUT2D eigenvalue weighted by atomic mass is 79.9. The van der Waals surface area contributed by atoms with E-state index < -0.39 is 20.7 Å². The monoisotopic (exact) mass is 386 g/mol. The Labute approximate surface area is 115 Å². The summed E-state index contributed by atoms with van der Waals surface area (Å²) in [5.74, 6) is -0.883. The van der Waals surface area contributed by atoms with Crippen LogP contribution in [-0.4, -0.2) is 15.0 Å². The van der Waals surface area contributed by atoms with Crippen molar-refractivity contribution >= 4 is 47.6 Å². The summed E-state index contributed by atoms with van der Waals surface area (Å²) < 4.78 is 39.8. The second kappa shape index (κ2) is 5.47. The maximum atomic E-state index is 13.6. The molecule has 0 fully saturated rings. The fourth-order valence-corrected chi connectivity index (χ4v) is 3.12. The van der Waals surface area contributed by atoms with E-state index in [0.29, 0.717) is 4.48 Å². The summed E-state index contributed by atoms with van der Waals surface area (Å²) in [6, 6.07) is 2.34. The van der Waals surface area contributed by atoms with Crippen molar-refractivity contribution in [2.45, 2.75) is 4.90 Å². The fraction of sp³-hybridized carbons (Fsp3) is 0.111. The molecule has 0 saturated carbocycles. The first-order chi connectivity index (χ1) is 7.74. The zero-order valence-electron chi connectivity index (χ0n) is 8.50. The zero-order valence-corrected chi connectivity index (χ0v) is 12.5. The summed E-state index contributed by atoms with van der Waals surface area (Å²) in [5.41, 5.74) is 5.61. The van der Waals surface area contributed by atoms with Crippen molar-refractivity contribution in [3.05, 3.63) is 33.5 Å². The average molecular weight is 388 g/mol. The predicted octanol–water partition coefficient (Wildman–Crippen LogP) is 2.36. The molecule has 17 heavy (non-hydrogen) atoms. The number of benzene rings is 1. The van der Waals surface area contributed by atoms with E-state index in [0.717, 1.165) is 6.07 Å². The molecule has 0 aromatic heterocycles. The van der Waals surface area contributed by atoms with Crippen LogP contribution in [-0.2, 0) is 10.0 Å². The molecule has 1 rings (SSSR count). The molecule has 1 aromatic rings. The third-order valence-electron chi connectivity index (χ3n) is 1.76. The molecule has 0 unspecified atom stereocenters. The molecule has 0 bridgehead atoms. The van der Waals surface area contributed by atoms with Gasteiger partial charge in [-0.1, -0.05) is 22.5 Å². The van der Waals surface area contributed by atoms with Gasteiger partial charge >= 0.3 is 0 Å². The number of nitrogens with one attached hydrogen (secondary N) is 1. The summed E-state index contributed by atoms with van der Waals surface area (Å²) in [7, 11) is -3.96. The molecule has 0 atom stereocenters. The highest BCUT2D eigenvalue weighted by Gasteiger charge is 2.21. The molecule has 0 saturated heterocycles. The third-order valence-corrected chi connectivity index (χ3v) is 4.02. The van der Waals surface area contributed by atoms with Gasteiger partial charge in [-0.15, -0.1) is 0 Å². The number of rotatable bonds is 4. The van der Waals surface area contributed by atoms with Crippen LogP contribution in [0.1, 0.15) is 0 Å². The maximum absolute atomic E-state index is 13.6. The number of sulfonamides is 1. The highest BCUT2D eigenvalue weighted by molar-refractivity contribution is 9.11. The largest absolute Gasteiger partial charge is 0.399 e. The summed E-state index contributed by atoms with van der Waals surface area (Å²) in [5, 5.41) is 0. The normalized spacial score (nSPS) is 11.5. The topological polar surface area (TPSA) is 72.2 Å². The van der Waals surface area contributed by atoms with Crippen molar-refractivity contribution < 1.29 is 12.8 Å². The number of nitrogen functional groups attached to an aromatic ring is 1. The first kappa shape index (κ1) is 14.6. The van der Waals surface area contributed by atoms with Crippen LogP contribution in [0.15, 0.2) is 32.6 Å². The van der Waals surface area contributed by atoms with Gasteiger partial charge in [0.2, 0.25) is 10.0 Å². The van der Waals surface area contributed by atoms with Gasteiger partial charge in [0.1, 0.15) is 4.90 Å². The highest BCUT2D eigenvalue weighted by Crippen LogP contribution is 2.26. The van der Waals surface area contributed by atoms with Gasteiger partial charge in [0.05, 0.1) is 4.47 Å². The molecule has 0 spiro atoms. The van der Waals surface area contributed by atoms with Gasteiger partial charge < -0.3 is 5.73 Å². The van der Waals surface area contributed by atoms with E-state index in [-0.39, 0.29) is 16.7 Å². The van der Waals surface area contributed by atoms with Crippen molar-refractivity contribution in [3.8, 4) is 0 Å². The van der Waals surface area contributed by atoms with Crippen LogP contribution in [0.3, 0.4) is 0 Å². The lowest BCUT2D eigenvalue weighted by atomic mass is 10.3. The van der Waals surface area contributed by atoms with E-state index in [1.807, 2.05) is 0 Å². The van der Waals surface area contributed by atoms with Gasteiger partial charge in [0, 0.05) is 16.7 Å². The van der Waals surface area contributed by atoms with Gasteiger partial charge in [-0.2, -0.15) is 0 Å². The Hall–Kier alpha value is -0.440. The van der Waals surface area contributed by atoms with E-state index in [4.69, 9.17) is 5.73 Å². The molecule has 3 N–H and O–H groups in total. The Morgan fingerprint density at radius 3 is 2.65 bits per heavy atom. The number of hydrogen-bond acceptors (Lipinski definition) is 3. The van der Waals surface area contributed by atoms with Crippen molar-refractivity contribution in [3.63, 3.8) is 0 Å². The van der Waals surface area contributed by atoms with Gasteiger partial charge in [0.15, 0.2) is 5.82 Å². The molecule has 0 heterocycles. The molecule has 4 nitrogen and oxygen atoms in total. The molecule has 94 valence electrons. The van der Waals surface area contributed by atoms with Gasteiger partial charge in [-0.25, -0.2) is 17.5 Å². The molecule has 1 aromatic carbocycles. The van der Waals surface area contributed by atoms with Crippen LogP contribution in [0.2, 0.25) is 0 Å². The van der Waals surface area contributed by atoms with Crippen molar-refractivity contribution in [2.24, 2.45) is 0 Å². The van der Waals surface area contributed by atoms with Crippen molar-refractivity contribution in [2.75, 3.05) is 12.3 Å². The molecule has 0 aliphatic rings. The van der Waals surface area contributed by atoms with Crippen LogP contribution >= 0.6 is 31.9 Å². The number of halogens is 3. The standard InChI is InChI=1S/C9H9Br2FN2O2S/c1-5(10)4-14-17(15,16)8-3-6(13)2-7(11)9(8)12/h2-3,14H,1,4,13H2. The Balaban J connectivity index is 3.19. The van der Waals surface area contributed by atoms with Gasteiger partial charge in [-0.05, 0) is 28.1 Å². The van der Waals surface area contributed by atoms with Crippen LogP contribution in [0.5, 0.6) is 0 Å². The van der Waals surface area contributed by atoms with Crippen LogP contribution < -0.4 is 10.5 Å². The van der Waals surface area contributed by atoms with E-state index in [1.165, 1.54) is 6.07 Å².